The Bertz CT molecular complexity index is 1130. The van der Waals surface area contributed by atoms with Gasteiger partial charge in [0.15, 0.2) is 12.4 Å². The largest absolute Gasteiger partial charge is 0.545 e. The van der Waals surface area contributed by atoms with Crippen molar-refractivity contribution in [3.05, 3.63) is 0 Å². The topological polar surface area (TPSA) is 111 Å². The molecule has 9 heteroatoms. The van der Waals surface area contributed by atoms with Crippen molar-refractivity contribution in [2.45, 2.75) is 334 Å². The highest BCUT2D eigenvalue weighted by Gasteiger charge is 2.22. The van der Waals surface area contributed by atoms with Crippen molar-refractivity contribution in [1.82, 2.24) is 0 Å². The van der Waals surface area contributed by atoms with Crippen LogP contribution in [0.4, 0.5) is 0 Å². The third-order valence-electron chi connectivity index (χ3n) is 14.4. The Morgan fingerprint density at radius 3 is 0.901 bits per heavy atom. The van der Waals surface area contributed by atoms with E-state index >= 15 is 0 Å². The molecule has 0 aliphatic carbocycles. The number of aliphatic carboxylic acids is 1. The normalized spacial score (nSPS) is 12.6. The fourth-order valence-electron chi connectivity index (χ4n) is 9.54. The number of carbonyl (C=O) groups excluding carboxylic acids is 3. The zero-order chi connectivity index (χ0) is 52.0. The summed E-state index contributed by atoms with van der Waals surface area (Å²) in [5.41, 5.74) is 0. The lowest BCUT2D eigenvalue weighted by Gasteiger charge is -2.26. The van der Waals surface area contributed by atoms with Crippen LogP contribution in [0.2, 0.25) is 0 Å². The van der Waals surface area contributed by atoms with Crippen molar-refractivity contribution in [3.8, 4) is 0 Å². The van der Waals surface area contributed by atoms with E-state index in [1.807, 2.05) is 21.1 Å². The van der Waals surface area contributed by atoms with Crippen LogP contribution in [0.1, 0.15) is 322 Å². The maximum atomic E-state index is 12.9. The molecule has 71 heavy (non-hydrogen) atoms. The number of esters is 2. The van der Waals surface area contributed by atoms with Gasteiger partial charge in [-0.2, -0.15) is 0 Å². The van der Waals surface area contributed by atoms with E-state index in [0.717, 1.165) is 38.5 Å². The van der Waals surface area contributed by atoms with Crippen LogP contribution in [0, 0.1) is 0 Å². The highest BCUT2D eigenvalue weighted by Crippen LogP contribution is 2.19. The number of quaternary nitrogens is 1. The SMILES string of the molecule is CCCCCCCCCCCCCCCCCCCCCCCCCCCCCCCCCCCCC(=O)OC(COC(=O)CCCCCCCCCCCCCC)COC(OCC[N+](C)(C)C)C(=O)[O-]. The maximum Gasteiger partial charge on any atom is 0.306 e. The van der Waals surface area contributed by atoms with Gasteiger partial charge in [-0.3, -0.25) is 9.59 Å². The Morgan fingerprint density at radius 2 is 0.634 bits per heavy atom. The van der Waals surface area contributed by atoms with Crippen LogP contribution in [0.3, 0.4) is 0 Å². The van der Waals surface area contributed by atoms with Crippen molar-refractivity contribution in [2.75, 3.05) is 47.5 Å². The second-order valence-electron chi connectivity index (χ2n) is 22.7. The van der Waals surface area contributed by atoms with E-state index in [1.54, 1.807) is 0 Å². The van der Waals surface area contributed by atoms with Gasteiger partial charge in [0.1, 0.15) is 13.2 Å². The van der Waals surface area contributed by atoms with Gasteiger partial charge in [-0.05, 0) is 12.8 Å². The molecule has 0 aromatic carbocycles. The summed E-state index contributed by atoms with van der Waals surface area (Å²) in [7, 11) is 5.93. The molecule has 0 amide bonds. The summed E-state index contributed by atoms with van der Waals surface area (Å²) >= 11 is 0. The molecule has 0 bridgehead atoms. The first kappa shape index (κ1) is 69.3. The van der Waals surface area contributed by atoms with Gasteiger partial charge in [-0.1, -0.05) is 296 Å². The molecular weight excluding hydrogens is 887 g/mol. The molecule has 0 heterocycles. The number of nitrogens with zero attached hydrogens (tertiary/aromatic N) is 1. The quantitative estimate of drug-likeness (QED) is 0.0256. The third-order valence-corrected chi connectivity index (χ3v) is 14.4. The van der Waals surface area contributed by atoms with E-state index < -0.39 is 24.3 Å². The number of likely N-dealkylation sites (N-methyl/N-ethyl adjacent to an activating group) is 1. The van der Waals surface area contributed by atoms with E-state index in [2.05, 4.69) is 13.8 Å². The van der Waals surface area contributed by atoms with Crippen molar-refractivity contribution < 1.29 is 42.9 Å². The second kappa shape index (κ2) is 54.5. The summed E-state index contributed by atoms with van der Waals surface area (Å²) in [6.45, 7) is 4.80. The molecule has 0 spiro atoms. The molecule has 0 saturated carbocycles. The van der Waals surface area contributed by atoms with E-state index in [0.29, 0.717) is 17.4 Å². The molecule has 0 radical (unpaired) electrons. The molecule has 0 aromatic heterocycles. The molecular formula is C62H121NO8. The number of hydrogen-bond donors (Lipinski definition) is 0. The minimum Gasteiger partial charge on any atom is -0.545 e. The highest BCUT2D eigenvalue weighted by molar-refractivity contribution is 5.70. The van der Waals surface area contributed by atoms with E-state index in [-0.39, 0.29) is 32.2 Å². The van der Waals surface area contributed by atoms with Gasteiger partial charge in [-0.15, -0.1) is 0 Å². The molecule has 0 aliphatic rings. The van der Waals surface area contributed by atoms with Crippen LogP contribution in [-0.2, 0) is 33.3 Å². The summed E-state index contributed by atoms with van der Waals surface area (Å²) in [6, 6.07) is 0. The zero-order valence-electron chi connectivity index (χ0n) is 48.1. The van der Waals surface area contributed by atoms with E-state index in [9.17, 15) is 19.5 Å². The standard InChI is InChI=1S/C62H121NO8/c1-6-8-10-12-14-16-18-20-21-22-23-24-25-26-27-28-29-30-31-32-33-34-35-36-37-38-39-40-41-43-45-47-49-51-53-60(65)71-58(57-70-62(61(66)67)68-55-54-63(3,4)5)56-69-59(64)52-50-48-46-44-42-19-17-15-13-11-9-7-2/h58,62H,6-57H2,1-5H3. The van der Waals surface area contributed by atoms with Crippen LogP contribution in [-0.4, -0.2) is 82.3 Å². The smallest absolute Gasteiger partial charge is 0.306 e. The molecule has 0 rings (SSSR count). The fourth-order valence-corrected chi connectivity index (χ4v) is 9.54. The van der Waals surface area contributed by atoms with Gasteiger partial charge in [0.25, 0.3) is 0 Å². The van der Waals surface area contributed by atoms with Gasteiger partial charge < -0.3 is 33.3 Å². The van der Waals surface area contributed by atoms with Crippen molar-refractivity contribution >= 4 is 17.9 Å². The summed E-state index contributed by atoms with van der Waals surface area (Å²) in [5, 5.41) is 11.8. The first-order valence-electron chi connectivity index (χ1n) is 31.2. The number of carbonyl (C=O) groups is 3. The molecule has 9 nitrogen and oxygen atoms in total. The highest BCUT2D eigenvalue weighted by atomic mass is 16.7. The minimum absolute atomic E-state index is 0.153. The predicted octanol–water partition coefficient (Wildman–Crippen LogP) is 17.0. The monoisotopic (exact) mass is 1010 g/mol. The number of ether oxygens (including phenoxy) is 4. The van der Waals surface area contributed by atoms with Crippen LogP contribution in [0.15, 0.2) is 0 Å². The molecule has 0 fully saturated rings. The maximum absolute atomic E-state index is 12.9. The van der Waals surface area contributed by atoms with Crippen LogP contribution in [0.5, 0.6) is 0 Å². The number of rotatable bonds is 59. The van der Waals surface area contributed by atoms with Crippen LogP contribution >= 0.6 is 0 Å². The van der Waals surface area contributed by atoms with Gasteiger partial charge in [0.05, 0.1) is 40.3 Å². The molecule has 422 valence electrons. The number of hydrogen-bond acceptors (Lipinski definition) is 8. The van der Waals surface area contributed by atoms with Gasteiger partial charge in [0.2, 0.25) is 0 Å². The zero-order valence-corrected chi connectivity index (χ0v) is 48.1. The summed E-state index contributed by atoms with van der Waals surface area (Å²) in [6.07, 6.45) is 59.1. The van der Waals surface area contributed by atoms with Crippen molar-refractivity contribution in [3.63, 3.8) is 0 Å². The lowest BCUT2D eigenvalue weighted by atomic mass is 10.0. The van der Waals surface area contributed by atoms with E-state index in [4.69, 9.17) is 18.9 Å². The minimum atomic E-state index is -1.61. The Morgan fingerprint density at radius 1 is 0.366 bits per heavy atom. The van der Waals surface area contributed by atoms with Gasteiger partial charge in [0, 0.05) is 12.8 Å². The van der Waals surface area contributed by atoms with E-state index in [1.165, 1.54) is 257 Å². The average molecular weight is 1010 g/mol. The number of carboxylic acid groups (broad SMARTS) is 1. The summed E-state index contributed by atoms with van der Waals surface area (Å²) < 4.78 is 22.7. The predicted molar refractivity (Wildman–Crippen MR) is 297 cm³/mol. The Hall–Kier alpha value is -1.71. The van der Waals surface area contributed by atoms with Crippen molar-refractivity contribution in [1.29, 1.82) is 0 Å². The lowest BCUT2D eigenvalue weighted by molar-refractivity contribution is -0.870. The van der Waals surface area contributed by atoms with Crippen molar-refractivity contribution in [2.24, 2.45) is 0 Å². The molecule has 0 aliphatic heterocycles. The average Bonchev–Trinajstić information content (AvgIpc) is 3.34. The Labute approximate surface area is 441 Å². The molecule has 0 aromatic rings. The first-order valence-corrected chi connectivity index (χ1v) is 31.2. The summed E-state index contributed by atoms with van der Waals surface area (Å²) in [5.74, 6) is -2.25. The summed E-state index contributed by atoms with van der Waals surface area (Å²) in [4.78, 5) is 37.2. The molecule has 2 unspecified atom stereocenters. The molecule has 2 atom stereocenters. The number of carboxylic acids is 1. The first-order chi connectivity index (χ1) is 34.6. The molecule has 0 N–H and O–H groups in total. The lowest BCUT2D eigenvalue weighted by Crippen LogP contribution is -2.44. The Kier molecular flexibility index (Phi) is 53.2. The third kappa shape index (κ3) is 55.9. The number of unbranched alkanes of at least 4 members (excludes halogenated alkanes) is 44. The second-order valence-corrected chi connectivity index (χ2v) is 22.7. The fraction of sp³-hybridized carbons (Fsp3) is 0.952. The van der Waals surface area contributed by atoms with Crippen LogP contribution < -0.4 is 5.11 Å². The Balaban J connectivity index is 3.95. The van der Waals surface area contributed by atoms with Gasteiger partial charge >= 0.3 is 11.9 Å². The molecule has 0 saturated heterocycles. The van der Waals surface area contributed by atoms with Crippen LogP contribution in [0.25, 0.3) is 0 Å². The van der Waals surface area contributed by atoms with Gasteiger partial charge in [-0.25, -0.2) is 0 Å².